The fraction of sp³-hybridized carbons (Fsp3) is 0.400. The predicted octanol–water partition coefficient (Wildman–Crippen LogP) is 4.05. The van der Waals surface area contributed by atoms with E-state index in [2.05, 4.69) is 46.9 Å². The molecular formula is C20H24N4O. The van der Waals surface area contributed by atoms with Gasteiger partial charge in [-0.1, -0.05) is 19.1 Å². The van der Waals surface area contributed by atoms with Gasteiger partial charge in [-0.25, -0.2) is 0 Å². The van der Waals surface area contributed by atoms with Crippen molar-refractivity contribution in [1.82, 2.24) is 20.1 Å². The molecule has 0 bridgehead atoms. The van der Waals surface area contributed by atoms with Crippen LogP contribution in [0, 0.1) is 0 Å². The molecule has 1 aliphatic heterocycles. The first-order valence-corrected chi connectivity index (χ1v) is 9.02. The summed E-state index contributed by atoms with van der Waals surface area (Å²) in [6, 6.07) is 10.2. The number of aromatic hydroxyl groups is 1. The molecule has 0 amide bonds. The van der Waals surface area contributed by atoms with Gasteiger partial charge in [0.2, 0.25) is 0 Å². The van der Waals surface area contributed by atoms with Crippen LogP contribution in [0.15, 0.2) is 30.3 Å². The highest BCUT2D eigenvalue weighted by molar-refractivity contribution is 5.86. The highest BCUT2D eigenvalue weighted by Crippen LogP contribution is 2.39. The zero-order valence-electron chi connectivity index (χ0n) is 15.0. The Hall–Kier alpha value is -2.40. The summed E-state index contributed by atoms with van der Waals surface area (Å²) in [5, 5.41) is 20.0. The fourth-order valence-corrected chi connectivity index (χ4v) is 4.08. The number of rotatable bonds is 3. The minimum Gasteiger partial charge on any atom is -0.507 e. The SMILES string of the molecule is CCC1c2c([nH]c3nnc(-c4ccccc4O)cc23)CCN1C(C)C. The molecule has 1 atom stereocenters. The van der Waals surface area contributed by atoms with Crippen LogP contribution in [0.1, 0.15) is 44.5 Å². The lowest BCUT2D eigenvalue weighted by molar-refractivity contribution is 0.139. The summed E-state index contributed by atoms with van der Waals surface area (Å²) in [7, 11) is 0. The second kappa shape index (κ2) is 6.15. The minimum absolute atomic E-state index is 0.233. The second-order valence-corrected chi connectivity index (χ2v) is 7.03. The van der Waals surface area contributed by atoms with Crippen LogP contribution in [0.2, 0.25) is 0 Å². The number of benzene rings is 1. The predicted molar refractivity (Wildman–Crippen MR) is 99.6 cm³/mol. The third kappa shape index (κ3) is 2.59. The summed E-state index contributed by atoms with van der Waals surface area (Å²) in [6.07, 6.45) is 2.07. The first kappa shape index (κ1) is 16.1. The molecule has 0 saturated heterocycles. The number of phenols is 1. The third-order valence-electron chi connectivity index (χ3n) is 5.26. The molecule has 4 rings (SSSR count). The molecule has 3 heterocycles. The van der Waals surface area contributed by atoms with Crippen molar-refractivity contribution < 1.29 is 5.11 Å². The summed E-state index contributed by atoms with van der Waals surface area (Å²) in [6.45, 7) is 7.83. The largest absolute Gasteiger partial charge is 0.507 e. The Labute approximate surface area is 147 Å². The van der Waals surface area contributed by atoms with Gasteiger partial charge in [-0.05, 0) is 44.0 Å². The molecule has 3 aromatic rings. The van der Waals surface area contributed by atoms with Gasteiger partial charge in [-0.2, -0.15) is 0 Å². The Morgan fingerprint density at radius 3 is 2.80 bits per heavy atom. The number of phenolic OH excluding ortho intramolecular Hbond substituents is 1. The Bertz CT molecular complexity index is 915. The quantitative estimate of drug-likeness (QED) is 0.757. The van der Waals surface area contributed by atoms with Crippen molar-refractivity contribution in [1.29, 1.82) is 0 Å². The lowest BCUT2D eigenvalue weighted by atomic mass is 9.93. The van der Waals surface area contributed by atoms with E-state index in [0.717, 1.165) is 36.0 Å². The van der Waals surface area contributed by atoms with Gasteiger partial charge in [0.15, 0.2) is 5.65 Å². The van der Waals surface area contributed by atoms with Crippen molar-refractivity contribution in [3.05, 3.63) is 41.6 Å². The highest BCUT2D eigenvalue weighted by Gasteiger charge is 2.31. The summed E-state index contributed by atoms with van der Waals surface area (Å²) >= 11 is 0. The van der Waals surface area contributed by atoms with Crippen molar-refractivity contribution in [3.63, 3.8) is 0 Å². The zero-order valence-corrected chi connectivity index (χ0v) is 15.0. The molecule has 0 aliphatic carbocycles. The first-order chi connectivity index (χ1) is 12.1. The number of hydrogen-bond acceptors (Lipinski definition) is 4. The van der Waals surface area contributed by atoms with Crippen LogP contribution in [0.4, 0.5) is 0 Å². The molecule has 2 N–H and O–H groups in total. The van der Waals surface area contributed by atoms with E-state index in [1.54, 1.807) is 6.07 Å². The molecule has 25 heavy (non-hydrogen) atoms. The van der Waals surface area contributed by atoms with Gasteiger partial charge in [0, 0.05) is 41.7 Å². The van der Waals surface area contributed by atoms with Crippen LogP contribution in [-0.4, -0.2) is 37.8 Å². The van der Waals surface area contributed by atoms with Gasteiger partial charge in [0.25, 0.3) is 0 Å². The van der Waals surface area contributed by atoms with E-state index >= 15 is 0 Å². The lowest BCUT2D eigenvalue weighted by Crippen LogP contribution is -2.39. The van der Waals surface area contributed by atoms with E-state index in [4.69, 9.17) is 0 Å². The van der Waals surface area contributed by atoms with Crippen LogP contribution in [0.25, 0.3) is 22.3 Å². The standard InChI is InChI=1S/C20H24N4O/c1-4-17-19-14-11-16(13-7-5-6-8-18(13)25)22-23-20(14)21-15(19)9-10-24(17)12(2)3/h5-8,11-12,17,25H,4,9-10H2,1-3H3,(H,21,23). The Morgan fingerprint density at radius 2 is 2.08 bits per heavy atom. The molecule has 0 radical (unpaired) electrons. The smallest absolute Gasteiger partial charge is 0.160 e. The number of para-hydroxylation sites is 1. The third-order valence-corrected chi connectivity index (χ3v) is 5.26. The van der Waals surface area contributed by atoms with Gasteiger partial charge in [0.1, 0.15) is 5.75 Å². The average molecular weight is 336 g/mol. The number of aromatic nitrogens is 3. The summed E-state index contributed by atoms with van der Waals surface area (Å²) in [5.74, 6) is 0.233. The van der Waals surface area contributed by atoms with Crippen molar-refractivity contribution in [2.75, 3.05) is 6.54 Å². The van der Waals surface area contributed by atoms with Gasteiger partial charge in [-0.3, -0.25) is 4.90 Å². The van der Waals surface area contributed by atoms with Crippen LogP contribution in [-0.2, 0) is 6.42 Å². The molecule has 0 fully saturated rings. The number of nitrogens with one attached hydrogen (secondary N) is 1. The van der Waals surface area contributed by atoms with Crippen LogP contribution in [0.5, 0.6) is 5.75 Å². The lowest BCUT2D eigenvalue weighted by Gasteiger charge is -2.38. The maximum Gasteiger partial charge on any atom is 0.160 e. The number of hydrogen-bond donors (Lipinski definition) is 2. The van der Waals surface area contributed by atoms with E-state index in [0.29, 0.717) is 17.8 Å². The van der Waals surface area contributed by atoms with Crippen molar-refractivity contribution >= 4 is 11.0 Å². The number of fused-ring (bicyclic) bond motifs is 3. The van der Waals surface area contributed by atoms with Gasteiger partial charge >= 0.3 is 0 Å². The Kier molecular flexibility index (Phi) is 3.96. The summed E-state index contributed by atoms with van der Waals surface area (Å²) in [5.41, 5.74) is 4.90. The Morgan fingerprint density at radius 1 is 1.28 bits per heavy atom. The molecular weight excluding hydrogens is 312 g/mol. The minimum atomic E-state index is 0.233. The summed E-state index contributed by atoms with van der Waals surface area (Å²) in [4.78, 5) is 6.04. The van der Waals surface area contributed by atoms with Crippen LogP contribution >= 0.6 is 0 Å². The van der Waals surface area contributed by atoms with E-state index in [-0.39, 0.29) is 5.75 Å². The number of H-pyrrole nitrogens is 1. The number of aromatic amines is 1. The molecule has 0 spiro atoms. The summed E-state index contributed by atoms with van der Waals surface area (Å²) < 4.78 is 0. The first-order valence-electron chi connectivity index (χ1n) is 9.02. The fourth-order valence-electron chi connectivity index (χ4n) is 4.08. The normalized spacial score (nSPS) is 18.0. The van der Waals surface area contributed by atoms with E-state index < -0.39 is 0 Å². The van der Waals surface area contributed by atoms with E-state index in [9.17, 15) is 5.11 Å². The van der Waals surface area contributed by atoms with E-state index in [1.807, 2.05) is 18.2 Å². The molecule has 2 aromatic heterocycles. The van der Waals surface area contributed by atoms with Crippen molar-refractivity contribution in [3.8, 4) is 17.0 Å². The van der Waals surface area contributed by atoms with Crippen molar-refractivity contribution in [2.45, 2.75) is 45.7 Å². The molecule has 5 nitrogen and oxygen atoms in total. The van der Waals surface area contributed by atoms with Gasteiger partial charge in [0.05, 0.1) is 5.69 Å². The molecule has 0 saturated carbocycles. The maximum atomic E-state index is 10.2. The Balaban J connectivity index is 1.89. The maximum absolute atomic E-state index is 10.2. The molecule has 5 heteroatoms. The molecule has 130 valence electrons. The second-order valence-electron chi connectivity index (χ2n) is 7.03. The zero-order chi connectivity index (χ0) is 17.6. The van der Waals surface area contributed by atoms with Gasteiger partial charge < -0.3 is 10.1 Å². The van der Waals surface area contributed by atoms with Crippen LogP contribution in [0.3, 0.4) is 0 Å². The van der Waals surface area contributed by atoms with Crippen LogP contribution < -0.4 is 0 Å². The average Bonchev–Trinajstić information content (AvgIpc) is 2.99. The molecule has 1 aliphatic rings. The van der Waals surface area contributed by atoms with Crippen molar-refractivity contribution in [2.24, 2.45) is 0 Å². The van der Waals surface area contributed by atoms with E-state index in [1.165, 1.54) is 11.3 Å². The topological polar surface area (TPSA) is 65.0 Å². The molecule has 1 unspecified atom stereocenters. The monoisotopic (exact) mass is 336 g/mol. The van der Waals surface area contributed by atoms with Gasteiger partial charge in [-0.15, -0.1) is 10.2 Å². The highest BCUT2D eigenvalue weighted by atomic mass is 16.3. The number of nitrogens with zero attached hydrogens (tertiary/aromatic N) is 3. The molecule has 1 aromatic carbocycles.